The molecule has 0 saturated heterocycles. The van der Waals surface area contributed by atoms with Gasteiger partial charge in [-0.25, -0.2) is 4.68 Å². The Bertz CT molecular complexity index is 1200. The van der Waals surface area contributed by atoms with Crippen LogP contribution in [0.4, 0.5) is 14.6 Å². The van der Waals surface area contributed by atoms with E-state index in [9.17, 15) is 13.6 Å². The largest absolute Gasteiger partial charge is 0.415 e. The van der Waals surface area contributed by atoms with Crippen molar-refractivity contribution in [1.82, 2.24) is 20.0 Å². The molecule has 2 aromatic heterocycles. The zero-order valence-electron chi connectivity index (χ0n) is 14.9. The van der Waals surface area contributed by atoms with Crippen LogP contribution in [0.2, 0.25) is 0 Å². The number of carbonyl (C=O) groups excluding carboxylic acids is 1. The van der Waals surface area contributed by atoms with Gasteiger partial charge in [0.15, 0.2) is 0 Å². The molecule has 29 heavy (non-hydrogen) atoms. The number of anilines is 1. The molecule has 0 saturated carbocycles. The van der Waals surface area contributed by atoms with Crippen molar-refractivity contribution in [3.63, 3.8) is 0 Å². The van der Waals surface area contributed by atoms with Crippen molar-refractivity contribution in [1.29, 1.82) is 0 Å². The van der Waals surface area contributed by atoms with E-state index in [0.717, 1.165) is 11.3 Å². The van der Waals surface area contributed by atoms with Crippen molar-refractivity contribution in [3.8, 4) is 17.1 Å². The third kappa shape index (κ3) is 2.87. The number of rotatable bonds is 4. The first-order chi connectivity index (χ1) is 14.1. The lowest BCUT2D eigenvalue weighted by atomic mass is 10.1. The Morgan fingerprint density at radius 3 is 2.62 bits per heavy atom. The molecule has 7 nitrogen and oxygen atoms in total. The fraction of sp³-hybridized carbons (Fsp3) is 0.100. The van der Waals surface area contributed by atoms with Gasteiger partial charge in [0.1, 0.15) is 5.82 Å². The zero-order valence-corrected chi connectivity index (χ0v) is 14.9. The lowest BCUT2D eigenvalue weighted by Gasteiger charge is -2.17. The number of fused-ring (bicyclic) bond motifs is 1. The van der Waals surface area contributed by atoms with Crippen molar-refractivity contribution < 1.29 is 18.0 Å². The third-order valence-electron chi connectivity index (χ3n) is 4.69. The summed E-state index contributed by atoms with van der Waals surface area (Å²) in [6.45, 7) is 0.374. The molecule has 0 radical (unpaired) electrons. The van der Waals surface area contributed by atoms with E-state index >= 15 is 0 Å². The number of halogens is 2. The molecule has 0 spiro atoms. The molecule has 4 aromatic rings. The summed E-state index contributed by atoms with van der Waals surface area (Å²) in [5.41, 5.74) is 2.52. The van der Waals surface area contributed by atoms with Crippen LogP contribution in [-0.2, 0) is 6.54 Å². The maximum atomic E-state index is 13.1. The molecule has 9 heteroatoms. The Kier molecular flexibility index (Phi) is 3.94. The molecule has 0 aliphatic carbocycles. The Morgan fingerprint density at radius 2 is 1.86 bits per heavy atom. The summed E-state index contributed by atoms with van der Waals surface area (Å²) in [5.74, 6) is -0.381. The van der Waals surface area contributed by atoms with Crippen LogP contribution in [-0.4, -0.2) is 25.9 Å². The van der Waals surface area contributed by atoms with Crippen LogP contribution in [0.1, 0.15) is 28.2 Å². The van der Waals surface area contributed by atoms with E-state index in [1.54, 1.807) is 40.0 Å². The molecule has 5 rings (SSSR count). The standard InChI is InChI=1S/C20H13F2N5O2/c21-17(22)19-25-24-18(29-19)12-6-7-13-11-26(20(28)15(13)10-12)16-8-9-23-27(16)14-4-2-1-3-5-14/h1-10,17H,11H2. The second-order valence-corrected chi connectivity index (χ2v) is 6.45. The van der Waals surface area contributed by atoms with E-state index in [-0.39, 0.29) is 11.8 Å². The Labute approximate surface area is 163 Å². The van der Waals surface area contributed by atoms with Crippen LogP contribution in [0.15, 0.2) is 65.2 Å². The summed E-state index contributed by atoms with van der Waals surface area (Å²) in [6, 6.07) is 16.3. The van der Waals surface area contributed by atoms with Gasteiger partial charge in [-0.1, -0.05) is 24.3 Å². The predicted octanol–water partition coefficient (Wildman–Crippen LogP) is 4.02. The Morgan fingerprint density at radius 1 is 1.03 bits per heavy atom. The van der Waals surface area contributed by atoms with Crippen LogP contribution in [0.25, 0.3) is 17.1 Å². The van der Waals surface area contributed by atoms with Crippen LogP contribution in [0.5, 0.6) is 0 Å². The van der Waals surface area contributed by atoms with Gasteiger partial charge in [0.25, 0.3) is 11.8 Å². The van der Waals surface area contributed by atoms with Crippen molar-refractivity contribution >= 4 is 11.7 Å². The maximum Gasteiger partial charge on any atom is 0.314 e. The van der Waals surface area contributed by atoms with Gasteiger partial charge >= 0.3 is 6.43 Å². The van der Waals surface area contributed by atoms with E-state index in [1.165, 1.54) is 0 Å². The number of amides is 1. The van der Waals surface area contributed by atoms with Gasteiger partial charge in [0, 0.05) is 17.2 Å². The Balaban J connectivity index is 1.49. The summed E-state index contributed by atoms with van der Waals surface area (Å²) in [7, 11) is 0. The number of para-hydroxylation sites is 1. The highest BCUT2D eigenvalue weighted by atomic mass is 19.3. The monoisotopic (exact) mass is 393 g/mol. The topological polar surface area (TPSA) is 77.1 Å². The number of hydrogen-bond acceptors (Lipinski definition) is 5. The fourth-order valence-corrected chi connectivity index (χ4v) is 3.33. The molecular weight excluding hydrogens is 380 g/mol. The quantitative estimate of drug-likeness (QED) is 0.523. The van der Waals surface area contributed by atoms with E-state index in [4.69, 9.17) is 4.42 Å². The first kappa shape index (κ1) is 17.2. The lowest BCUT2D eigenvalue weighted by Crippen LogP contribution is -2.25. The van der Waals surface area contributed by atoms with Crippen molar-refractivity contribution in [2.24, 2.45) is 0 Å². The molecule has 3 heterocycles. The molecule has 144 valence electrons. The highest BCUT2D eigenvalue weighted by Crippen LogP contribution is 2.32. The van der Waals surface area contributed by atoms with Crippen molar-refractivity contribution in [2.45, 2.75) is 13.0 Å². The van der Waals surface area contributed by atoms with Crippen LogP contribution in [0, 0.1) is 0 Å². The van der Waals surface area contributed by atoms with Gasteiger partial charge in [-0.15, -0.1) is 10.2 Å². The predicted molar refractivity (Wildman–Crippen MR) is 98.8 cm³/mol. The molecule has 0 unspecified atom stereocenters. The molecule has 1 aliphatic heterocycles. The summed E-state index contributed by atoms with van der Waals surface area (Å²) < 4.78 is 32.1. The number of aromatic nitrogens is 4. The molecular formula is C20H13F2N5O2. The first-order valence-electron chi connectivity index (χ1n) is 8.78. The Hall–Kier alpha value is -3.88. The lowest BCUT2D eigenvalue weighted by molar-refractivity contribution is 0.0995. The molecule has 2 aromatic carbocycles. The van der Waals surface area contributed by atoms with E-state index in [1.807, 2.05) is 30.3 Å². The third-order valence-corrected chi connectivity index (χ3v) is 4.69. The van der Waals surface area contributed by atoms with Crippen LogP contribution >= 0.6 is 0 Å². The highest BCUT2D eigenvalue weighted by molar-refractivity contribution is 6.10. The summed E-state index contributed by atoms with van der Waals surface area (Å²) in [6.07, 6.45) is -1.21. The molecule has 0 bridgehead atoms. The normalized spacial score (nSPS) is 13.3. The summed E-state index contributed by atoms with van der Waals surface area (Å²) in [5, 5.41) is 11.3. The van der Waals surface area contributed by atoms with E-state index in [0.29, 0.717) is 23.5 Å². The van der Waals surface area contributed by atoms with Gasteiger partial charge < -0.3 is 4.42 Å². The van der Waals surface area contributed by atoms with Crippen molar-refractivity contribution in [2.75, 3.05) is 4.90 Å². The first-order valence-corrected chi connectivity index (χ1v) is 8.78. The average molecular weight is 393 g/mol. The number of nitrogens with zero attached hydrogens (tertiary/aromatic N) is 5. The SMILES string of the molecule is O=C1c2cc(-c3nnc(C(F)F)o3)ccc2CN1c1ccnn1-c1ccccc1. The average Bonchev–Trinajstić information content (AvgIpc) is 3.47. The molecule has 0 atom stereocenters. The molecule has 1 amide bonds. The molecule has 1 aliphatic rings. The number of carbonyl (C=O) groups is 1. The minimum Gasteiger partial charge on any atom is -0.415 e. The zero-order chi connectivity index (χ0) is 20.0. The summed E-state index contributed by atoms with van der Waals surface area (Å²) in [4.78, 5) is 14.7. The smallest absolute Gasteiger partial charge is 0.314 e. The highest BCUT2D eigenvalue weighted by Gasteiger charge is 2.31. The van der Waals surface area contributed by atoms with Crippen LogP contribution < -0.4 is 4.90 Å². The van der Waals surface area contributed by atoms with Gasteiger partial charge in [-0.2, -0.15) is 13.9 Å². The van der Waals surface area contributed by atoms with Gasteiger partial charge in [-0.05, 0) is 29.8 Å². The fourth-order valence-electron chi connectivity index (χ4n) is 3.33. The number of benzene rings is 2. The van der Waals surface area contributed by atoms with Crippen LogP contribution in [0.3, 0.4) is 0 Å². The molecule has 0 N–H and O–H groups in total. The summed E-state index contributed by atoms with van der Waals surface area (Å²) >= 11 is 0. The number of hydrogen-bond donors (Lipinski definition) is 0. The second-order valence-electron chi connectivity index (χ2n) is 6.45. The maximum absolute atomic E-state index is 13.1. The minimum absolute atomic E-state index is 0.0522. The number of alkyl halides is 2. The van der Waals surface area contributed by atoms with E-state index in [2.05, 4.69) is 15.3 Å². The van der Waals surface area contributed by atoms with Gasteiger partial charge in [0.2, 0.25) is 5.89 Å². The van der Waals surface area contributed by atoms with E-state index < -0.39 is 12.3 Å². The second kappa shape index (κ2) is 6.62. The molecule has 0 fully saturated rings. The van der Waals surface area contributed by atoms with Crippen molar-refractivity contribution in [3.05, 3.63) is 77.8 Å². The van der Waals surface area contributed by atoms with Gasteiger partial charge in [-0.3, -0.25) is 9.69 Å². The van der Waals surface area contributed by atoms with Gasteiger partial charge in [0.05, 0.1) is 18.4 Å². The minimum atomic E-state index is -2.85.